The van der Waals surface area contributed by atoms with Gasteiger partial charge in [0.1, 0.15) is 11.5 Å². The van der Waals surface area contributed by atoms with E-state index in [1.165, 1.54) is 0 Å². The van der Waals surface area contributed by atoms with E-state index < -0.39 is 13.0 Å². The van der Waals surface area contributed by atoms with Crippen molar-refractivity contribution in [2.75, 3.05) is 29.0 Å². The number of anilines is 4. The quantitative estimate of drug-likeness (QED) is 0.364. The normalized spacial score (nSPS) is 11.0. The van der Waals surface area contributed by atoms with Crippen molar-refractivity contribution in [3.05, 3.63) is 35.0 Å². The van der Waals surface area contributed by atoms with Crippen LogP contribution in [0, 0.1) is 5.41 Å². The lowest BCUT2D eigenvalue weighted by Gasteiger charge is -2.14. The Balaban J connectivity index is 1.97. The van der Waals surface area contributed by atoms with E-state index >= 15 is 0 Å². The van der Waals surface area contributed by atoms with Crippen molar-refractivity contribution in [1.82, 2.24) is 15.0 Å². The molecule has 142 valence electrons. The lowest BCUT2D eigenvalue weighted by molar-refractivity contribution is 0.163. The van der Waals surface area contributed by atoms with Gasteiger partial charge >= 0.3 is 0 Å². The van der Waals surface area contributed by atoms with Crippen molar-refractivity contribution in [3.8, 4) is 0 Å². The van der Waals surface area contributed by atoms with E-state index in [4.69, 9.17) is 17.0 Å². The van der Waals surface area contributed by atoms with Crippen LogP contribution in [0.5, 0.6) is 0 Å². The van der Waals surface area contributed by atoms with Crippen LogP contribution in [-0.2, 0) is 0 Å². The smallest absolute Gasteiger partial charge is 0.255 e. The first-order valence-electron chi connectivity index (χ1n) is 8.24. The topological polar surface area (TPSA) is 102 Å². The van der Waals surface area contributed by atoms with Gasteiger partial charge in [0, 0.05) is 30.2 Å². The molecule has 1 aromatic carbocycles. The molecule has 0 saturated carbocycles. The molecule has 27 heavy (non-hydrogen) atoms. The molecule has 0 spiro atoms. The molecule has 2 aromatic heterocycles. The van der Waals surface area contributed by atoms with Crippen LogP contribution < -0.4 is 16.0 Å². The Kier molecular flexibility index (Phi) is 5.70. The minimum atomic E-state index is -2.49. The highest BCUT2D eigenvalue weighted by Crippen LogP contribution is 2.31. The van der Waals surface area contributed by atoms with Crippen LogP contribution in [-0.4, -0.2) is 40.7 Å². The van der Waals surface area contributed by atoms with Gasteiger partial charge in [0.15, 0.2) is 0 Å². The summed E-state index contributed by atoms with van der Waals surface area (Å²) in [5.74, 6) is 0.853. The number of benzene rings is 1. The third-order valence-electron chi connectivity index (χ3n) is 3.77. The molecular weight excluding hydrogens is 376 g/mol. The second kappa shape index (κ2) is 8.17. The number of H-pyrrole nitrogens is 1. The predicted octanol–water partition coefficient (Wildman–Crippen LogP) is 4.46. The van der Waals surface area contributed by atoms with Crippen LogP contribution in [0.3, 0.4) is 0 Å². The lowest BCUT2D eigenvalue weighted by Crippen LogP contribution is -2.12. The molecule has 0 fully saturated rings. The maximum atomic E-state index is 12.5. The monoisotopic (exact) mass is 393 g/mol. The Morgan fingerprint density at radius 1 is 1.26 bits per heavy atom. The van der Waals surface area contributed by atoms with Crippen molar-refractivity contribution in [2.45, 2.75) is 13.3 Å². The minimum absolute atomic E-state index is 0.283. The number of nitrogens with one attached hydrogen (secondary N) is 5. The van der Waals surface area contributed by atoms with Crippen LogP contribution in [0.2, 0.25) is 5.02 Å². The molecule has 0 aliphatic heterocycles. The van der Waals surface area contributed by atoms with Gasteiger partial charge in [-0.2, -0.15) is 9.97 Å². The van der Waals surface area contributed by atoms with Gasteiger partial charge in [0.25, 0.3) is 6.43 Å². The van der Waals surface area contributed by atoms with Crippen molar-refractivity contribution in [2.24, 2.45) is 0 Å². The van der Waals surface area contributed by atoms with Crippen molar-refractivity contribution in [3.63, 3.8) is 0 Å². The number of aromatic amines is 1. The largest absolute Gasteiger partial charge is 0.379 e. The molecule has 0 atom stereocenters. The SMILES string of the molecule is CCNc1nc(Nc2cccc(NCC(F)F)c2C=N)nc2[nH]cc(Cl)c12. The van der Waals surface area contributed by atoms with Gasteiger partial charge in [-0.25, -0.2) is 8.78 Å². The summed E-state index contributed by atoms with van der Waals surface area (Å²) < 4.78 is 25.0. The molecule has 0 saturated heterocycles. The minimum Gasteiger partial charge on any atom is -0.379 e. The van der Waals surface area contributed by atoms with Gasteiger partial charge in [-0.1, -0.05) is 17.7 Å². The van der Waals surface area contributed by atoms with Crippen LogP contribution in [0.25, 0.3) is 11.0 Å². The molecular formula is C17H18ClF2N7. The summed E-state index contributed by atoms with van der Waals surface area (Å²) in [5.41, 5.74) is 1.92. The van der Waals surface area contributed by atoms with Gasteiger partial charge in [-0.3, -0.25) is 0 Å². The Hall–Kier alpha value is -2.94. The highest BCUT2D eigenvalue weighted by molar-refractivity contribution is 6.36. The zero-order valence-corrected chi connectivity index (χ0v) is 15.2. The first-order chi connectivity index (χ1) is 13.0. The van der Waals surface area contributed by atoms with Gasteiger partial charge in [-0.05, 0) is 19.1 Å². The molecule has 0 aliphatic carbocycles. The average Bonchev–Trinajstić information content (AvgIpc) is 3.01. The predicted molar refractivity (Wildman–Crippen MR) is 105 cm³/mol. The van der Waals surface area contributed by atoms with E-state index in [-0.39, 0.29) is 5.95 Å². The van der Waals surface area contributed by atoms with Gasteiger partial charge in [0.2, 0.25) is 5.95 Å². The van der Waals surface area contributed by atoms with Crippen molar-refractivity contribution in [1.29, 1.82) is 5.41 Å². The molecule has 0 aliphatic rings. The number of fused-ring (bicyclic) bond motifs is 1. The van der Waals surface area contributed by atoms with Crippen LogP contribution in [0.1, 0.15) is 12.5 Å². The van der Waals surface area contributed by atoms with Crippen LogP contribution in [0.4, 0.5) is 31.9 Å². The first-order valence-corrected chi connectivity index (χ1v) is 8.62. The zero-order chi connectivity index (χ0) is 19.4. The second-order valence-corrected chi connectivity index (χ2v) is 6.00. The van der Waals surface area contributed by atoms with Crippen LogP contribution >= 0.6 is 11.6 Å². The number of rotatable bonds is 8. The zero-order valence-electron chi connectivity index (χ0n) is 14.4. The van der Waals surface area contributed by atoms with E-state index in [1.807, 2.05) is 6.92 Å². The molecule has 0 amide bonds. The lowest BCUT2D eigenvalue weighted by atomic mass is 10.1. The summed E-state index contributed by atoms with van der Waals surface area (Å²) in [4.78, 5) is 11.8. The first kappa shape index (κ1) is 18.8. The molecule has 7 nitrogen and oxygen atoms in total. The third kappa shape index (κ3) is 4.08. The Bertz CT molecular complexity index is 958. The summed E-state index contributed by atoms with van der Waals surface area (Å²) in [7, 11) is 0. The Morgan fingerprint density at radius 3 is 2.74 bits per heavy atom. The molecule has 0 radical (unpaired) electrons. The second-order valence-electron chi connectivity index (χ2n) is 5.59. The number of nitrogens with zero attached hydrogens (tertiary/aromatic N) is 2. The molecule has 10 heteroatoms. The fourth-order valence-corrected chi connectivity index (χ4v) is 2.87. The van der Waals surface area contributed by atoms with Crippen molar-refractivity contribution < 1.29 is 8.78 Å². The maximum Gasteiger partial charge on any atom is 0.255 e. The van der Waals surface area contributed by atoms with E-state index in [0.29, 0.717) is 45.4 Å². The average molecular weight is 394 g/mol. The number of alkyl halides is 2. The van der Waals surface area contributed by atoms with Crippen molar-refractivity contribution >= 4 is 52.0 Å². The standard InChI is InChI=1S/C17H18ClF2N7/c1-2-22-15-14-10(18)7-24-16(14)27-17(26-15)25-12-5-3-4-11(9(12)6-21)23-8-13(19)20/h3-7,13,21,23H,2,8H2,1H3,(H3,22,24,25,26,27). The summed E-state index contributed by atoms with van der Waals surface area (Å²) in [5, 5.41) is 17.7. The van der Waals surface area contributed by atoms with Gasteiger partial charge in [-0.15, -0.1) is 0 Å². The number of halogens is 3. The molecule has 2 heterocycles. The Labute approximate surface area is 159 Å². The third-order valence-corrected chi connectivity index (χ3v) is 4.07. The number of hydrogen-bond acceptors (Lipinski definition) is 6. The Morgan fingerprint density at radius 2 is 2.04 bits per heavy atom. The van der Waals surface area contributed by atoms with E-state index in [2.05, 4.69) is 30.9 Å². The summed E-state index contributed by atoms with van der Waals surface area (Å²) in [6.45, 7) is 2.08. The summed E-state index contributed by atoms with van der Waals surface area (Å²) >= 11 is 6.18. The van der Waals surface area contributed by atoms with Crippen LogP contribution in [0.15, 0.2) is 24.4 Å². The van der Waals surface area contributed by atoms with E-state index in [0.717, 1.165) is 6.21 Å². The number of aromatic nitrogens is 3. The van der Waals surface area contributed by atoms with E-state index in [1.54, 1.807) is 24.4 Å². The summed E-state index contributed by atoms with van der Waals surface area (Å²) in [6, 6.07) is 5.04. The highest BCUT2D eigenvalue weighted by atomic mass is 35.5. The summed E-state index contributed by atoms with van der Waals surface area (Å²) in [6.07, 6.45) is 0.223. The van der Waals surface area contributed by atoms with Gasteiger partial charge in [0.05, 0.1) is 22.6 Å². The fourth-order valence-electron chi connectivity index (χ4n) is 2.64. The fraction of sp³-hybridized carbons (Fsp3) is 0.235. The number of hydrogen-bond donors (Lipinski definition) is 5. The van der Waals surface area contributed by atoms with E-state index in [9.17, 15) is 8.78 Å². The molecule has 0 bridgehead atoms. The molecule has 3 aromatic rings. The molecule has 3 rings (SSSR count). The van der Waals surface area contributed by atoms with Gasteiger partial charge < -0.3 is 26.3 Å². The maximum absolute atomic E-state index is 12.5. The molecule has 0 unspecified atom stereocenters. The highest BCUT2D eigenvalue weighted by Gasteiger charge is 2.14. The molecule has 5 N–H and O–H groups in total.